The van der Waals surface area contributed by atoms with E-state index in [2.05, 4.69) is 10.5 Å². The van der Waals surface area contributed by atoms with E-state index < -0.39 is 23.8 Å². The molecule has 1 amide bonds. The van der Waals surface area contributed by atoms with E-state index in [4.69, 9.17) is 19.5 Å². The molecule has 1 atom stereocenters. The van der Waals surface area contributed by atoms with Gasteiger partial charge in [-0.05, 0) is 79.2 Å². The number of halogens is 1. The zero-order chi connectivity index (χ0) is 24.5. The molecule has 0 aromatic heterocycles. The highest BCUT2D eigenvalue weighted by molar-refractivity contribution is 5.91. The number of nitrogens with one attached hydrogen (secondary N) is 1. The van der Waals surface area contributed by atoms with Gasteiger partial charge in [-0.15, -0.1) is 0 Å². The van der Waals surface area contributed by atoms with Crippen molar-refractivity contribution in [3.05, 3.63) is 89.2 Å². The van der Waals surface area contributed by atoms with Crippen LogP contribution in [0.15, 0.2) is 71.8 Å². The molecule has 0 aliphatic rings. The Labute approximate surface area is 195 Å². The molecular weight excluding hydrogens is 441 g/mol. The van der Waals surface area contributed by atoms with E-state index in [1.54, 1.807) is 43.3 Å². The zero-order valence-electron chi connectivity index (χ0n) is 18.3. The fourth-order valence-electron chi connectivity index (χ4n) is 2.72. The molecule has 0 bridgehead atoms. The van der Waals surface area contributed by atoms with E-state index in [-0.39, 0.29) is 17.1 Å². The summed E-state index contributed by atoms with van der Waals surface area (Å²) < 4.78 is 29.2. The van der Waals surface area contributed by atoms with Crippen LogP contribution >= 0.6 is 0 Å². The molecule has 3 aromatic carbocycles. The smallest absolute Gasteiger partial charge is 0.343 e. The van der Waals surface area contributed by atoms with Crippen LogP contribution in [-0.4, -0.2) is 31.3 Å². The molecule has 3 aromatic rings. The summed E-state index contributed by atoms with van der Waals surface area (Å²) in [7, 11) is 1.41. The first-order valence-electron chi connectivity index (χ1n) is 10.0. The molecule has 0 aliphatic carbocycles. The minimum atomic E-state index is -0.826. The van der Waals surface area contributed by atoms with Gasteiger partial charge in [0.05, 0.1) is 30.5 Å². The summed E-state index contributed by atoms with van der Waals surface area (Å²) in [5.74, 6) is -0.715. The second kappa shape index (κ2) is 11.2. The molecule has 8 nitrogen and oxygen atoms in total. The highest BCUT2D eigenvalue weighted by Crippen LogP contribution is 2.28. The van der Waals surface area contributed by atoms with E-state index in [1.165, 1.54) is 31.5 Å². The molecule has 0 saturated heterocycles. The van der Waals surface area contributed by atoms with Gasteiger partial charge in [0.2, 0.25) is 0 Å². The Morgan fingerprint density at radius 2 is 1.76 bits per heavy atom. The second-order valence-electron chi connectivity index (χ2n) is 6.94. The lowest BCUT2D eigenvalue weighted by atomic mass is 10.2. The number of ether oxygens (including phenoxy) is 3. The molecule has 34 heavy (non-hydrogen) atoms. The van der Waals surface area contributed by atoms with Gasteiger partial charge in [-0.3, -0.25) is 4.79 Å². The Morgan fingerprint density at radius 1 is 1.06 bits per heavy atom. The molecule has 9 heteroatoms. The monoisotopic (exact) mass is 461 g/mol. The number of hydrazone groups is 1. The molecule has 0 aliphatic heterocycles. The Kier molecular flexibility index (Phi) is 7.92. The number of methoxy groups -OCH3 is 1. The number of esters is 1. The van der Waals surface area contributed by atoms with Crippen molar-refractivity contribution < 1.29 is 28.2 Å². The van der Waals surface area contributed by atoms with Gasteiger partial charge >= 0.3 is 5.97 Å². The Morgan fingerprint density at radius 3 is 2.41 bits per heavy atom. The Bertz CT molecular complexity index is 1230. The number of rotatable bonds is 8. The van der Waals surface area contributed by atoms with Crippen LogP contribution in [0.5, 0.6) is 17.2 Å². The second-order valence-corrected chi connectivity index (χ2v) is 6.94. The molecular formula is C25H20FN3O5. The summed E-state index contributed by atoms with van der Waals surface area (Å²) >= 11 is 0. The van der Waals surface area contributed by atoms with Crippen LogP contribution in [0.3, 0.4) is 0 Å². The Balaban J connectivity index is 1.58. The van der Waals surface area contributed by atoms with Crippen LogP contribution in [0.25, 0.3) is 0 Å². The molecule has 0 fully saturated rings. The standard InChI is InChI=1S/C25H20FN3O5/c1-16(33-21-10-3-17(14-27)4-11-21)24(30)29-28-15-18-5-12-22(23(13-18)32-2)34-25(31)19-6-8-20(26)9-7-19/h3-13,15-16H,1-2H3,(H,29,30)/b28-15+. The number of carbonyl (C=O) groups excluding carboxylic acids is 2. The quantitative estimate of drug-likeness (QED) is 0.236. The molecule has 0 spiro atoms. The normalized spacial score (nSPS) is 11.4. The molecule has 1 unspecified atom stereocenters. The fraction of sp³-hybridized carbons (Fsp3) is 0.120. The minimum absolute atomic E-state index is 0.169. The largest absolute Gasteiger partial charge is 0.493 e. The highest BCUT2D eigenvalue weighted by Gasteiger charge is 2.15. The molecule has 172 valence electrons. The average Bonchev–Trinajstić information content (AvgIpc) is 2.85. The van der Waals surface area contributed by atoms with Gasteiger partial charge in [0.15, 0.2) is 17.6 Å². The maximum absolute atomic E-state index is 13.0. The van der Waals surface area contributed by atoms with Crippen molar-refractivity contribution in [1.29, 1.82) is 5.26 Å². The van der Waals surface area contributed by atoms with Crippen molar-refractivity contribution in [1.82, 2.24) is 5.43 Å². The number of carbonyl (C=O) groups is 2. The molecule has 0 saturated carbocycles. The maximum Gasteiger partial charge on any atom is 0.343 e. The van der Waals surface area contributed by atoms with Crippen LogP contribution in [0.1, 0.15) is 28.4 Å². The number of nitrogens with zero attached hydrogens (tertiary/aromatic N) is 2. The molecule has 0 heterocycles. The summed E-state index contributed by atoms with van der Waals surface area (Å²) in [5.41, 5.74) is 3.63. The van der Waals surface area contributed by atoms with Crippen molar-refractivity contribution in [3.8, 4) is 23.3 Å². The summed E-state index contributed by atoms with van der Waals surface area (Å²) in [4.78, 5) is 24.5. The van der Waals surface area contributed by atoms with Gasteiger partial charge in [-0.25, -0.2) is 14.6 Å². The van der Waals surface area contributed by atoms with Crippen molar-refractivity contribution in [2.24, 2.45) is 5.10 Å². The third kappa shape index (κ3) is 6.40. The summed E-state index contributed by atoms with van der Waals surface area (Å²) in [6.07, 6.45) is 0.563. The van der Waals surface area contributed by atoms with Gasteiger partial charge in [-0.1, -0.05) is 0 Å². The number of hydrogen-bond acceptors (Lipinski definition) is 7. The summed E-state index contributed by atoms with van der Waals surface area (Å²) in [6.45, 7) is 1.57. The van der Waals surface area contributed by atoms with E-state index in [0.29, 0.717) is 16.9 Å². The summed E-state index contributed by atoms with van der Waals surface area (Å²) in [5, 5.41) is 12.7. The Hall–Kier alpha value is -4.71. The van der Waals surface area contributed by atoms with Gasteiger partial charge in [-0.2, -0.15) is 10.4 Å². The average molecular weight is 461 g/mol. The third-order valence-electron chi connectivity index (χ3n) is 4.52. The van der Waals surface area contributed by atoms with E-state index in [0.717, 1.165) is 12.1 Å². The van der Waals surface area contributed by atoms with Gasteiger partial charge in [0, 0.05) is 0 Å². The predicted octanol–water partition coefficient (Wildman–Crippen LogP) is 3.84. The lowest BCUT2D eigenvalue weighted by molar-refractivity contribution is -0.127. The molecule has 3 rings (SSSR count). The number of amides is 1. The minimum Gasteiger partial charge on any atom is -0.493 e. The van der Waals surface area contributed by atoms with Crippen molar-refractivity contribution in [2.75, 3.05) is 7.11 Å². The van der Waals surface area contributed by atoms with Crippen LogP contribution < -0.4 is 19.6 Å². The van der Waals surface area contributed by atoms with E-state index in [9.17, 15) is 14.0 Å². The number of hydrogen-bond donors (Lipinski definition) is 1. The maximum atomic E-state index is 13.0. The van der Waals surface area contributed by atoms with Gasteiger partial charge in [0.1, 0.15) is 11.6 Å². The summed E-state index contributed by atoms with van der Waals surface area (Å²) in [6, 6.07) is 18.0. The van der Waals surface area contributed by atoms with Gasteiger partial charge in [0.25, 0.3) is 5.91 Å². The topological polar surface area (TPSA) is 110 Å². The number of nitriles is 1. The third-order valence-corrected chi connectivity index (χ3v) is 4.52. The van der Waals surface area contributed by atoms with E-state index >= 15 is 0 Å². The fourth-order valence-corrected chi connectivity index (χ4v) is 2.72. The van der Waals surface area contributed by atoms with E-state index in [1.807, 2.05) is 6.07 Å². The van der Waals surface area contributed by atoms with Crippen LogP contribution in [0.4, 0.5) is 4.39 Å². The zero-order valence-corrected chi connectivity index (χ0v) is 18.3. The highest BCUT2D eigenvalue weighted by atomic mass is 19.1. The van der Waals surface area contributed by atoms with Crippen LogP contribution in [0, 0.1) is 17.1 Å². The SMILES string of the molecule is COc1cc(/C=N/NC(=O)C(C)Oc2ccc(C#N)cc2)ccc1OC(=O)c1ccc(F)cc1. The first-order valence-corrected chi connectivity index (χ1v) is 10.0. The van der Waals surface area contributed by atoms with Crippen molar-refractivity contribution >= 4 is 18.1 Å². The lowest BCUT2D eigenvalue weighted by Gasteiger charge is -2.13. The molecule has 1 N–H and O–H groups in total. The molecule has 0 radical (unpaired) electrons. The lowest BCUT2D eigenvalue weighted by Crippen LogP contribution is -2.33. The van der Waals surface area contributed by atoms with Crippen LogP contribution in [-0.2, 0) is 4.79 Å². The van der Waals surface area contributed by atoms with Crippen molar-refractivity contribution in [2.45, 2.75) is 13.0 Å². The van der Waals surface area contributed by atoms with Crippen LogP contribution in [0.2, 0.25) is 0 Å². The number of benzene rings is 3. The van der Waals surface area contributed by atoms with Gasteiger partial charge < -0.3 is 14.2 Å². The first kappa shape index (κ1) is 23.9. The predicted molar refractivity (Wildman–Crippen MR) is 121 cm³/mol. The van der Waals surface area contributed by atoms with Crippen molar-refractivity contribution in [3.63, 3.8) is 0 Å². The first-order chi connectivity index (χ1) is 16.4.